The number of rotatable bonds is 9. The molecule has 7 nitrogen and oxygen atoms in total. The molecule has 2 heterocycles. The summed E-state index contributed by atoms with van der Waals surface area (Å²) in [6.07, 6.45) is 5.29. The van der Waals surface area contributed by atoms with E-state index in [1.54, 1.807) is 0 Å². The predicted molar refractivity (Wildman–Crippen MR) is 137 cm³/mol. The molecule has 2 aliphatic heterocycles. The lowest BCUT2D eigenvalue weighted by Gasteiger charge is -2.55. The zero-order valence-electron chi connectivity index (χ0n) is 21.8. The van der Waals surface area contributed by atoms with Crippen molar-refractivity contribution in [3.8, 4) is 0 Å². The van der Waals surface area contributed by atoms with Crippen molar-refractivity contribution in [3.63, 3.8) is 0 Å². The molecular weight excluding hydrogens is 448 g/mol. The number of thioether (sulfide) groups is 1. The standard InChI is InChI=1S/C26H48N4O3S/c1-5-6-9-28-25-29-22-18(3)21-23(31)19(7-8-26(21,4)16-20(22)34-25)17(2)24(32)27-10-11-30-12-14-33-15-13-30/h17-23,25,28-29,31H,5-16H2,1-4H3,(H,27,32)/p+1/t17-,18-,19+,20?,21+,22?,23-,25?,26+/m0/s1. The predicted octanol–water partition coefficient (Wildman–Crippen LogP) is 1.22. The fourth-order valence-corrected chi connectivity index (χ4v) is 9.20. The van der Waals surface area contributed by atoms with Crippen LogP contribution in [-0.2, 0) is 9.53 Å². The average Bonchev–Trinajstić information content (AvgIpc) is 3.22. The van der Waals surface area contributed by atoms with Gasteiger partial charge in [-0.2, -0.15) is 0 Å². The first-order chi connectivity index (χ1) is 16.3. The van der Waals surface area contributed by atoms with Crippen LogP contribution in [0.2, 0.25) is 0 Å². The molecule has 34 heavy (non-hydrogen) atoms. The molecule has 0 aromatic carbocycles. The van der Waals surface area contributed by atoms with Gasteiger partial charge in [-0.15, -0.1) is 0 Å². The highest BCUT2D eigenvalue weighted by atomic mass is 32.2. The number of amides is 1. The van der Waals surface area contributed by atoms with Crippen LogP contribution in [0.1, 0.15) is 59.8 Å². The van der Waals surface area contributed by atoms with E-state index in [4.69, 9.17) is 4.74 Å². The molecule has 4 aliphatic rings. The van der Waals surface area contributed by atoms with Crippen LogP contribution >= 0.6 is 11.8 Å². The van der Waals surface area contributed by atoms with Crippen LogP contribution < -0.4 is 16.0 Å². The van der Waals surface area contributed by atoms with Crippen LogP contribution in [0.4, 0.5) is 0 Å². The Kier molecular flexibility index (Phi) is 9.24. The Labute approximate surface area is 210 Å². The quantitative estimate of drug-likeness (QED) is 0.358. The zero-order valence-corrected chi connectivity index (χ0v) is 22.6. The van der Waals surface area contributed by atoms with Gasteiger partial charge in [-0.05, 0) is 42.9 Å². The van der Waals surface area contributed by atoms with Crippen LogP contribution in [0.5, 0.6) is 0 Å². The van der Waals surface area contributed by atoms with E-state index >= 15 is 0 Å². The van der Waals surface area contributed by atoms with Gasteiger partial charge in [-0.25, -0.2) is 0 Å². The van der Waals surface area contributed by atoms with E-state index < -0.39 is 6.10 Å². The molecule has 0 bridgehead atoms. The first-order valence-electron chi connectivity index (χ1n) is 13.8. The number of morpholine rings is 1. The Morgan fingerprint density at radius 2 is 2.09 bits per heavy atom. The molecule has 0 radical (unpaired) electrons. The number of unbranched alkanes of at least 4 members (excludes halogenated alkanes) is 1. The van der Waals surface area contributed by atoms with Crippen molar-refractivity contribution < 1.29 is 20.0 Å². The SMILES string of the molecule is CCCCNC1[NH2+]C2C(C[C@@]3(C)CC[C@H]([C@H](C)C(=O)NCCN4CCOCC4)[C@H](O)[C@H]3[C@@H]2C)S1. The number of carbonyl (C=O) groups excluding carboxylic acids is 1. The number of ether oxygens (including phenoxy) is 1. The molecule has 1 amide bonds. The molecule has 196 valence electrons. The van der Waals surface area contributed by atoms with Crippen molar-refractivity contribution in [3.05, 3.63) is 0 Å². The first-order valence-corrected chi connectivity index (χ1v) is 14.8. The minimum Gasteiger partial charge on any atom is -0.392 e. The molecule has 2 saturated carbocycles. The summed E-state index contributed by atoms with van der Waals surface area (Å²) in [5.74, 6) is 0.712. The third-order valence-corrected chi connectivity index (χ3v) is 10.9. The molecule has 2 saturated heterocycles. The second-order valence-corrected chi connectivity index (χ2v) is 13.0. The smallest absolute Gasteiger partial charge is 0.223 e. The number of quaternary nitrogens is 1. The normalized spacial score (nSPS) is 41.5. The fourth-order valence-electron chi connectivity index (χ4n) is 7.34. The van der Waals surface area contributed by atoms with E-state index in [2.05, 4.69) is 53.4 Å². The van der Waals surface area contributed by atoms with Gasteiger partial charge in [-0.1, -0.05) is 45.9 Å². The average molecular weight is 498 g/mol. The Morgan fingerprint density at radius 1 is 1.32 bits per heavy atom. The van der Waals surface area contributed by atoms with Gasteiger partial charge in [0.2, 0.25) is 5.91 Å². The highest BCUT2D eigenvalue weighted by molar-refractivity contribution is 8.00. The van der Waals surface area contributed by atoms with Gasteiger partial charge in [0.15, 0.2) is 5.50 Å². The summed E-state index contributed by atoms with van der Waals surface area (Å²) in [5, 5.41) is 21.7. The number of nitrogens with one attached hydrogen (secondary N) is 2. The van der Waals surface area contributed by atoms with Crippen LogP contribution in [0.15, 0.2) is 0 Å². The maximum atomic E-state index is 13.0. The number of nitrogens with zero attached hydrogens (tertiary/aromatic N) is 1. The number of nitrogens with two attached hydrogens (primary N) is 1. The van der Waals surface area contributed by atoms with Crippen LogP contribution in [0, 0.1) is 29.1 Å². The van der Waals surface area contributed by atoms with Crippen LogP contribution in [0.25, 0.3) is 0 Å². The van der Waals surface area contributed by atoms with Gasteiger partial charge in [0, 0.05) is 44.6 Å². The van der Waals surface area contributed by atoms with Crippen molar-refractivity contribution in [2.24, 2.45) is 29.1 Å². The lowest BCUT2D eigenvalue weighted by Crippen LogP contribution is -2.96. The summed E-state index contributed by atoms with van der Waals surface area (Å²) in [6, 6.07) is 0.549. The lowest BCUT2D eigenvalue weighted by molar-refractivity contribution is -0.707. The van der Waals surface area contributed by atoms with Crippen molar-refractivity contribution >= 4 is 17.7 Å². The molecule has 4 rings (SSSR count). The number of hydrogen-bond donors (Lipinski definition) is 4. The second kappa shape index (κ2) is 11.8. The summed E-state index contributed by atoms with van der Waals surface area (Å²) >= 11 is 2.11. The van der Waals surface area contributed by atoms with E-state index in [1.807, 2.05) is 6.92 Å². The van der Waals surface area contributed by atoms with E-state index in [9.17, 15) is 9.90 Å². The number of hydrogen-bond acceptors (Lipinski definition) is 6. The van der Waals surface area contributed by atoms with Gasteiger partial charge in [0.05, 0.1) is 24.6 Å². The maximum absolute atomic E-state index is 13.0. The van der Waals surface area contributed by atoms with E-state index in [0.717, 1.165) is 52.2 Å². The van der Waals surface area contributed by atoms with Gasteiger partial charge in [0.25, 0.3) is 0 Å². The van der Waals surface area contributed by atoms with Crippen LogP contribution in [0.3, 0.4) is 0 Å². The molecule has 5 N–H and O–H groups in total. The molecule has 0 spiro atoms. The first kappa shape index (κ1) is 26.7. The van der Waals surface area contributed by atoms with Gasteiger partial charge >= 0.3 is 0 Å². The van der Waals surface area contributed by atoms with Gasteiger partial charge in [-0.3, -0.25) is 15.0 Å². The Bertz CT molecular complexity index is 678. The highest BCUT2D eigenvalue weighted by Gasteiger charge is 2.60. The van der Waals surface area contributed by atoms with Gasteiger partial charge in [0.1, 0.15) is 6.04 Å². The molecule has 2 aliphatic carbocycles. The van der Waals surface area contributed by atoms with Gasteiger partial charge < -0.3 is 20.5 Å². The minimum absolute atomic E-state index is 0.0491. The van der Waals surface area contributed by atoms with E-state index in [1.165, 1.54) is 19.3 Å². The lowest BCUT2D eigenvalue weighted by atomic mass is 9.51. The van der Waals surface area contributed by atoms with Crippen LogP contribution in [-0.4, -0.2) is 84.7 Å². The largest absolute Gasteiger partial charge is 0.392 e. The number of fused-ring (bicyclic) bond motifs is 2. The molecule has 8 heteroatoms. The number of aliphatic hydroxyl groups excluding tert-OH is 1. The van der Waals surface area contributed by atoms with Crippen molar-refractivity contribution in [1.82, 2.24) is 15.5 Å². The molecule has 9 atom stereocenters. The summed E-state index contributed by atoms with van der Waals surface area (Å²) in [5.41, 5.74) is 0.610. The van der Waals surface area contributed by atoms with E-state index in [-0.39, 0.29) is 29.1 Å². The molecule has 0 aromatic rings. The van der Waals surface area contributed by atoms with Crippen molar-refractivity contribution in [2.45, 2.75) is 82.7 Å². The topological polar surface area (TPSA) is 90.4 Å². The number of aliphatic hydroxyl groups is 1. The fraction of sp³-hybridized carbons (Fsp3) is 0.962. The minimum atomic E-state index is -0.403. The van der Waals surface area contributed by atoms with E-state index in [0.29, 0.717) is 29.3 Å². The van der Waals surface area contributed by atoms with Crippen molar-refractivity contribution in [1.29, 1.82) is 0 Å². The maximum Gasteiger partial charge on any atom is 0.223 e. The molecular formula is C26H49N4O3S+. The third-order valence-electron chi connectivity index (χ3n) is 9.41. The Morgan fingerprint density at radius 3 is 2.82 bits per heavy atom. The molecule has 3 unspecified atom stereocenters. The number of carbonyl (C=O) groups is 1. The zero-order chi connectivity index (χ0) is 24.3. The molecule has 4 fully saturated rings. The third kappa shape index (κ3) is 5.78. The molecule has 0 aromatic heterocycles. The summed E-state index contributed by atoms with van der Waals surface area (Å²) in [7, 11) is 0. The monoisotopic (exact) mass is 497 g/mol. The van der Waals surface area contributed by atoms with Crippen molar-refractivity contribution in [2.75, 3.05) is 45.9 Å². The Balaban J connectivity index is 1.33. The summed E-state index contributed by atoms with van der Waals surface area (Å²) in [6.45, 7) is 15.1. The highest BCUT2D eigenvalue weighted by Crippen LogP contribution is 2.57. The Hall–Kier alpha value is -0.380. The summed E-state index contributed by atoms with van der Waals surface area (Å²) in [4.78, 5) is 15.4. The second-order valence-electron chi connectivity index (χ2n) is 11.6. The summed E-state index contributed by atoms with van der Waals surface area (Å²) < 4.78 is 5.41.